The standard InChI is InChI=1S/C14H22BrN5/c1-2-5-16-14-17-8-11(15)13(19-14)18-12-9-20-6-3-10(12)4-7-20/h8,10,12H,2-7,9H2,1H3,(H2,16,17,18,19). The molecule has 3 aliphatic heterocycles. The molecule has 3 fully saturated rings. The fraction of sp³-hybridized carbons (Fsp3) is 0.714. The molecule has 0 saturated carbocycles. The SMILES string of the molecule is CCCNc1ncc(Br)c(NC2CN3CCC2CC3)n1. The van der Waals surface area contributed by atoms with E-state index in [4.69, 9.17) is 0 Å². The second-order valence-electron chi connectivity index (χ2n) is 5.71. The summed E-state index contributed by atoms with van der Waals surface area (Å²) in [6.45, 7) is 6.70. The smallest absolute Gasteiger partial charge is 0.224 e. The van der Waals surface area contributed by atoms with Crippen LogP contribution in [0.15, 0.2) is 10.7 Å². The van der Waals surface area contributed by atoms with Crippen molar-refractivity contribution >= 4 is 27.7 Å². The first-order valence-electron chi connectivity index (χ1n) is 7.51. The number of nitrogens with one attached hydrogen (secondary N) is 2. The Kier molecular flexibility index (Phi) is 4.41. The largest absolute Gasteiger partial charge is 0.365 e. The van der Waals surface area contributed by atoms with E-state index in [0.29, 0.717) is 12.0 Å². The summed E-state index contributed by atoms with van der Waals surface area (Å²) in [7, 11) is 0. The van der Waals surface area contributed by atoms with Gasteiger partial charge in [-0.25, -0.2) is 4.98 Å². The Labute approximate surface area is 128 Å². The number of aromatic nitrogens is 2. The molecule has 0 aromatic carbocycles. The molecule has 4 rings (SSSR count). The number of piperidine rings is 3. The van der Waals surface area contributed by atoms with E-state index in [9.17, 15) is 0 Å². The van der Waals surface area contributed by atoms with Crippen molar-refractivity contribution in [3.05, 3.63) is 10.7 Å². The molecule has 1 unspecified atom stereocenters. The minimum atomic E-state index is 0.516. The van der Waals surface area contributed by atoms with Gasteiger partial charge in [-0.1, -0.05) is 6.92 Å². The molecular weight excluding hydrogens is 318 g/mol. The highest BCUT2D eigenvalue weighted by Gasteiger charge is 2.34. The molecule has 3 aliphatic rings. The first kappa shape index (κ1) is 14.1. The molecule has 5 nitrogen and oxygen atoms in total. The van der Waals surface area contributed by atoms with Crippen molar-refractivity contribution in [3.63, 3.8) is 0 Å². The quantitative estimate of drug-likeness (QED) is 0.863. The van der Waals surface area contributed by atoms with E-state index < -0.39 is 0 Å². The van der Waals surface area contributed by atoms with Gasteiger partial charge < -0.3 is 15.5 Å². The molecule has 20 heavy (non-hydrogen) atoms. The average molecular weight is 340 g/mol. The lowest BCUT2D eigenvalue weighted by Gasteiger charge is -2.45. The van der Waals surface area contributed by atoms with Gasteiger partial charge in [-0.3, -0.25) is 0 Å². The Hall–Kier alpha value is -0.880. The highest BCUT2D eigenvalue weighted by molar-refractivity contribution is 9.10. The molecule has 0 spiro atoms. The molecule has 1 atom stereocenters. The van der Waals surface area contributed by atoms with Crippen LogP contribution in [0.4, 0.5) is 11.8 Å². The van der Waals surface area contributed by atoms with E-state index >= 15 is 0 Å². The predicted molar refractivity (Wildman–Crippen MR) is 85.1 cm³/mol. The number of hydrogen-bond acceptors (Lipinski definition) is 5. The lowest BCUT2D eigenvalue weighted by molar-refractivity contribution is 0.0973. The fourth-order valence-corrected chi connectivity index (χ4v) is 3.40. The molecule has 2 N–H and O–H groups in total. The molecular formula is C14H22BrN5. The van der Waals surface area contributed by atoms with E-state index in [2.05, 4.69) is 48.4 Å². The first-order chi connectivity index (χ1) is 9.76. The normalized spacial score (nSPS) is 28.4. The van der Waals surface area contributed by atoms with E-state index in [1.807, 2.05) is 6.20 Å². The maximum absolute atomic E-state index is 4.59. The molecule has 0 aliphatic carbocycles. The van der Waals surface area contributed by atoms with Gasteiger partial charge in [0.15, 0.2) is 0 Å². The molecule has 4 heterocycles. The molecule has 0 amide bonds. The third-order valence-electron chi connectivity index (χ3n) is 4.26. The van der Waals surface area contributed by atoms with Crippen molar-refractivity contribution in [2.75, 3.05) is 36.8 Å². The molecule has 6 heteroatoms. The zero-order valence-electron chi connectivity index (χ0n) is 11.9. The maximum Gasteiger partial charge on any atom is 0.224 e. The van der Waals surface area contributed by atoms with E-state index in [0.717, 1.165) is 35.7 Å². The fourth-order valence-electron chi connectivity index (χ4n) is 3.09. The van der Waals surface area contributed by atoms with Gasteiger partial charge in [-0.15, -0.1) is 0 Å². The van der Waals surface area contributed by atoms with Crippen LogP contribution in [0.5, 0.6) is 0 Å². The predicted octanol–water partition coefficient (Wildman–Crippen LogP) is 2.57. The minimum absolute atomic E-state index is 0.516. The third kappa shape index (κ3) is 3.06. The molecule has 110 valence electrons. The number of rotatable bonds is 5. The van der Waals surface area contributed by atoms with E-state index in [1.54, 1.807) is 0 Å². The van der Waals surface area contributed by atoms with Crippen LogP contribution >= 0.6 is 15.9 Å². The summed E-state index contributed by atoms with van der Waals surface area (Å²) in [6, 6.07) is 0.516. The monoisotopic (exact) mass is 339 g/mol. The summed E-state index contributed by atoms with van der Waals surface area (Å²) in [5, 5.41) is 6.86. The molecule has 1 aromatic heterocycles. The van der Waals surface area contributed by atoms with Gasteiger partial charge in [0.2, 0.25) is 5.95 Å². The molecule has 3 saturated heterocycles. The van der Waals surface area contributed by atoms with Crippen molar-refractivity contribution in [1.82, 2.24) is 14.9 Å². The second-order valence-corrected chi connectivity index (χ2v) is 6.56. The summed E-state index contributed by atoms with van der Waals surface area (Å²) in [6.07, 6.45) is 5.51. The minimum Gasteiger partial charge on any atom is -0.365 e. The number of hydrogen-bond donors (Lipinski definition) is 2. The van der Waals surface area contributed by atoms with Gasteiger partial charge in [0.1, 0.15) is 5.82 Å². The number of anilines is 2. The number of fused-ring (bicyclic) bond motifs is 3. The Morgan fingerprint density at radius 1 is 1.40 bits per heavy atom. The summed E-state index contributed by atoms with van der Waals surface area (Å²) < 4.78 is 0.941. The Balaban J connectivity index is 1.69. The number of halogens is 1. The summed E-state index contributed by atoms with van der Waals surface area (Å²) >= 11 is 3.55. The third-order valence-corrected chi connectivity index (χ3v) is 4.84. The van der Waals surface area contributed by atoms with Gasteiger partial charge in [0.25, 0.3) is 0 Å². The molecule has 1 aromatic rings. The van der Waals surface area contributed by atoms with Gasteiger partial charge in [-0.05, 0) is 54.2 Å². The van der Waals surface area contributed by atoms with Crippen molar-refractivity contribution < 1.29 is 0 Å². The Morgan fingerprint density at radius 3 is 2.85 bits per heavy atom. The highest BCUT2D eigenvalue weighted by Crippen LogP contribution is 2.31. The van der Waals surface area contributed by atoms with Crippen molar-refractivity contribution in [1.29, 1.82) is 0 Å². The summed E-state index contributed by atoms with van der Waals surface area (Å²) in [5.41, 5.74) is 0. The van der Waals surface area contributed by atoms with Crippen molar-refractivity contribution in [2.24, 2.45) is 5.92 Å². The van der Waals surface area contributed by atoms with Crippen LogP contribution in [0.25, 0.3) is 0 Å². The van der Waals surface area contributed by atoms with Gasteiger partial charge in [-0.2, -0.15) is 4.98 Å². The summed E-state index contributed by atoms with van der Waals surface area (Å²) in [4.78, 5) is 11.4. The van der Waals surface area contributed by atoms with Gasteiger partial charge in [0.05, 0.1) is 4.47 Å². The Bertz CT molecular complexity index is 459. The second kappa shape index (κ2) is 6.26. The van der Waals surface area contributed by atoms with Gasteiger partial charge in [0, 0.05) is 25.3 Å². The van der Waals surface area contributed by atoms with Crippen molar-refractivity contribution in [2.45, 2.75) is 32.2 Å². The van der Waals surface area contributed by atoms with Crippen LogP contribution in [0.3, 0.4) is 0 Å². The average Bonchev–Trinajstić information content (AvgIpc) is 2.49. The van der Waals surface area contributed by atoms with Crippen LogP contribution in [0.2, 0.25) is 0 Å². The number of nitrogens with zero attached hydrogens (tertiary/aromatic N) is 3. The van der Waals surface area contributed by atoms with Crippen LogP contribution in [0.1, 0.15) is 26.2 Å². The van der Waals surface area contributed by atoms with Crippen LogP contribution in [-0.2, 0) is 0 Å². The Morgan fingerprint density at radius 2 is 2.20 bits per heavy atom. The lowest BCUT2D eigenvalue weighted by atomic mass is 9.84. The zero-order valence-corrected chi connectivity index (χ0v) is 13.5. The van der Waals surface area contributed by atoms with E-state index in [-0.39, 0.29) is 0 Å². The lowest BCUT2D eigenvalue weighted by Crippen LogP contribution is -2.53. The first-order valence-corrected chi connectivity index (χ1v) is 8.31. The van der Waals surface area contributed by atoms with Crippen LogP contribution in [-0.4, -0.2) is 47.1 Å². The van der Waals surface area contributed by atoms with Crippen molar-refractivity contribution in [3.8, 4) is 0 Å². The van der Waals surface area contributed by atoms with Crippen LogP contribution in [0, 0.1) is 5.92 Å². The summed E-state index contributed by atoms with van der Waals surface area (Å²) in [5.74, 6) is 2.41. The zero-order chi connectivity index (χ0) is 13.9. The molecule has 2 bridgehead atoms. The molecule has 0 radical (unpaired) electrons. The van der Waals surface area contributed by atoms with Crippen LogP contribution < -0.4 is 10.6 Å². The highest BCUT2D eigenvalue weighted by atomic mass is 79.9. The van der Waals surface area contributed by atoms with E-state index in [1.165, 1.54) is 25.9 Å². The maximum atomic E-state index is 4.59. The van der Waals surface area contributed by atoms with Gasteiger partial charge >= 0.3 is 0 Å². The topological polar surface area (TPSA) is 53.1 Å².